The highest BCUT2D eigenvalue weighted by Crippen LogP contribution is 2.33. The van der Waals surface area contributed by atoms with Gasteiger partial charge < -0.3 is 10.4 Å². The van der Waals surface area contributed by atoms with Crippen LogP contribution in [0.25, 0.3) is 11.3 Å². The number of hydrogen-bond acceptors (Lipinski definition) is 4. The molecule has 0 aliphatic carbocycles. The van der Waals surface area contributed by atoms with Crippen LogP contribution in [-0.4, -0.2) is 16.1 Å². The molecule has 2 N–H and O–H groups in total. The lowest BCUT2D eigenvalue weighted by Crippen LogP contribution is -1.97. The second kappa shape index (κ2) is 6.58. The first kappa shape index (κ1) is 15.8. The van der Waals surface area contributed by atoms with E-state index in [1.165, 1.54) is 17.4 Å². The number of anilines is 2. The van der Waals surface area contributed by atoms with Crippen LogP contribution in [0.2, 0.25) is 10.0 Å². The first-order chi connectivity index (χ1) is 11.0. The molecule has 0 unspecified atom stereocenters. The number of halogens is 2. The van der Waals surface area contributed by atoms with Gasteiger partial charge in [0.15, 0.2) is 5.13 Å². The van der Waals surface area contributed by atoms with Crippen molar-refractivity contribution in [3.63, 3.8) is 0 Å². The van der Waals surface area contributed by atoms with Crippen molar-refractivity contribution >= 4 is 51.3 Å². The molecule has 0 saturated heterocycles. The number of aromatic carboxylic acids is 1. The smallest absolute Gasteiger partial charge is 0.335 e. The molecular formula is C16H10Cl2N2O2S. The summed E-state index contributed by atoms with van der Waals surface area (Å²) in [4.78, 5) is 15.5. The van der Waals surface area contributed by atoms with Gasteiger partial charge in [0.05, 0.1) is 16.3 Å². The molecule has 0 saturated carbocycles. The maximum absolute atomic E-state index is 11.0. The average molecular weight is 365 g/mol. The summed E-state index contributed by atoms with van der Waals surface area (Å²) in [6, 6.07) is 11.8. The maximum atomic E-state index is 11.0. The number of aromatic nitrogens is 1. The zero-order valence-corrected chi connectivity index (χ0v) is 13.9. The van der Waals surface area contributed by atoms with Gasteiger partial charge in [-0.3, -0.25) is 0 Å². The van der Waals surface area contributed by atoms with Gasteiger partial charge in [0.2, 0.25) is 0 Å². The monoisotopic (exact) mass is 364 g/mol. The van der Waals surface area contributed by atoms with Gasteiger partial charge in [-0.15, -0.1) is 11.3 Å². The third kappa shape index (κ3) is 3.64. The molecule has 7 heteroatoms. The Labute approximate surface area is 146 Å². The molecule has 1 aromatic heterocycles. The van der Waals surface area contributed by atoms with Crippen LogP contribution in [0.4, 0.5) is 10.8 Å². The molecule has 4 nitrogen and oxygen atoms in total. The van der Waals surface area contributed by atoms with Gasteiger partial charge in [-0.25, -0.2) is 9.78 Å². The molecule has 23 heavy (non-hydrogen) atoms. The van der Waals surface area contributed by atoms with Crippen molar-refractivity contribution in [2.75, 3.05) is 5.32 Å². The second-order valence-corrected chi connectivity index (χ2v) is 6.37. The van der Waals surface area contributed by atoms with E-state index in [2.05, 4.69) is 10.3 Å². The predicted molar refractivity (Wildman–Crippen MR) is 94.3 cm³/mol. The molecule has 116 valence electrons. The standard InChI is InChI=1S/C16H10Cl2N2O2S/c17-10-4-5-12(13(18)7-10)14-8-23-16(20-14)19-11-3-1-2-9(6-11)15(21)22/h1-8H,(H,19,20)(H,21,22). The minimum atomic E-state index is -0.971. The van der Waals surface area contributed by atoms with Crippen LogP contribution in [0, 0.1) is 0 Å². The summed E-state index contributed by atoms with van der Waals surface area (Å²) >= 11 is 13.5. The van der Waals surface area contributed by atoms with Crippen molar-refractivity contribution in [1.29, 1.82) is 0 Å². The lowest BCUT2D eigenvalue weighted by Gasteiger charge is -2.04. The Morgan fingerprint density at radius 2 is 2.00 bits per heavy atom. The Bertz CT molecular complexity index is 880. The molecule has 0 aliphatic heterocycles. The van der Waals surface area contributed by atoms with Crippen molar-refractivity contribution in [3.05, 3.63) is 63.5 Å². The van der Waals surface area contributed by atoms with Crippen LogP contribution in [0.3, 0.4) is 0 Å². The quantitative estimate of drug-likeness (QED) is 0.636. The lowest BCUT2D eigenvalue weighted by atomic mass is 10.2. The molecule has 1 heterocycles. The highest BCUT2D eigenvalue weighted by molar-refractivity contribution is 7.14. The van der Waals surface area contributed by atoms with E-state index in [4.69, 9.17) is 28.3 Å². The molecule has 0 fully saturated rings. The largest absolute Gasteiger partial charge is 0.478 e. The Morgan fingerprint density at radius 1 is 1.17 bits per heavy atom. The fraction of sp³-hybridized carbons (Fsp3) is 0. The van der Waals surface area contributed by atoms with E-state index in [1.807, 2.05) is 11.4 Å². The van der Waals surface area contributed by atoms with Gasteiger partial charge in [0.1, 0.15) is 0 Å². The van der Waals surface area contributed by atoms with E-state index >= 15 is 0 Å². The molecular weight excluding hydrogens is 355 g/mol. The number of hydrogen-bond donors (Lipinski definition) is 2. The summed E-state index contributed by atoms with van der Waals surface area (Å²) in [6.45, 7) is 0. The van der Waals surface area contributed by atoms with Crippen molar-refractivity contribution < 1.29 is 9.90 Å². The minimum Gasteiger partial charge on any atom is -0.478 e. The van der Waals surface area contributed by atoms with Crippen LogP contribution >= 0.6 is 34.5 Å². The lowest BCUT2D eigenvalue weighted by molar-refractivity contribution is 0.0697. The number of thiazole rings is 1. The summed E-state index contributed by atoms with van der Waals surface area (Å²) in [5.41, 5.74) is 2.40. The summed E-state index contributed by atoms with van der Waals surface area (Å²) in [5.74, 6) is -0.971. The highest BCUT2D eigenvalue weighted by atomic mass is 35.5. The van der Waals surface area contributed by atoms with E-state index < -0.39 is 5.97 Å². The number of benzene rings is 2. The minimum absolute atomic E-state index is 0.215. The molecule has 0 amide bonds. The molecule has 0 aliphatic rings. The summed E-state index contributed by atoms with van der Waals surface area (Å²) in [6.07, 6.45) is 0. The van der Waals surface area contributed by atoms with Crippen LogP contribution in [0.15, 0.2) is 47.8 Å². The number of carboxylic acid groups (broad SMARTS) is 1. The van der Waals surface area contributed by atoms with E-state index in [1.54, 1.807) is 30.3 Å². The Hall–Kier alpha value is -2.08. The summed E-state index contributed by atoms with van der Waals surface area (Å²) in [5, 5.41) is 15.7. The molecule has 3 aromatic rings. The molecule has 2 aromatic carbocycles. The summed E-state index contributed by atoms with van der Waals surface area (Å²) < 4.78 is 0. The topological polar surface area (TPSA) is 62.2 Å². The Morgan fingerprint density at radius 3 is 2.74 bits per heavy atom. The zero-order valence-electron chi connectivity index (χ0n) is 11.6. The third-order valence-corrected chi connectivity index (χ3v) is 4.38. The van der Waals surface area contributed by atoms with Gasteiger partial charge in [-0.2, -0.15) is 0 Å². The van der Waals surface area contributed by atoms with E-state index in [9.17, 15) is 4.79 Å². The van der Waals surface area contributed by atoms with E-state index in [-0.39, 0.29) is 5.56 Å². The van der Waals surface area contributed by atoms with Crippen molar-refractivity contribution in [2.45, 2.75) is 0 Å². The van der Waals surface area contributed by atoms with Crippen molar-refractivity contribution in [3.8, 4) is 11.3 Å². The van der Waals surface area contributed by atoms with E-state index in [0.29, 0.717) is 20.9 Å². The van der Waals surface area contributed by atoms with Crippen LogP contribution in [0.5, 0.6) is 0 Å². The van der Waals surface area contributed by atoms with Crippen LogP contribution in [-0.2, 0) is 0 Å². The van der Waals surface area contributed by atoms with Crippen LogP contribution in [0.1, 0.15) is 10.4 Å². The third-order valence-electron chi connectivity index (χ3n) is 3.07. The number of carboxylic acids is 1. The number of rotatable bonds is 4. The molecule has 0 bridgehead atoms. The number of nitrogens with zero attached hydrogens (tertiary/aromatic N) is 1. The second-order valence-electron chi connectivity index (χ2n) is 4.67. The average Bonchev–Trinajstić information content (AvgIpc) is 2.95. The normalized spacial score (nSPS) is 10.5. The molecule has 0 radical (unpaired) electrons. The number of carbonyl (C=O) groups is 1. The van der Waals surface area contributed by atoms with Crippen molar-refractivity contribution in [2.24, 2.45) is 0 Å². The zero-order chi connectivity index (χ0) is 16.4. The Kier molecular flexibility index (Phi) is 4.52. The fourth-order valence-electron chi connectivity index (χ4n) is 2.01. The Balaban J connectivity index is 1.85. The SMILES string of the molecule is O=C(O)c1cccc(Nc2nc(-c3ccc(Cl)cc3Cl)cs2)c1. The molecule has 0 atom stereocenters. The molecule has 3 rings (SSSR count). The van der Waals surface area contributed by atoms with Gasteiger partial charge in [-0.05, 0) is 36.4 Å². The first-order valence-electron chi connectivity index (χ1n) is 6.54. The van der Waals surface area contributed by atoms with Gasteiger partial charge in [0.25, 0.3) is 0 Å². The highest BCUT2D eigenvalue weighted by Gasteiger charge is 2.10. The molecule has 0 spiro atoms. The van der Waals surface area contributed by atoms with Crippen LogP contribution < -0.4 is 5.32 Å². The fourth-order valence-corrected chi connectivity index (χ4v) is 3.24. The summed E-state index contributed by atoms with van der Waals surface area (Å²) in [7, 11) is 0. The van der Waals surface area contributed by atoms with Gasteiger partial charge in [-0.1, -0.05) is 29.3 Å². The van der Waals surface area contributed by atoms with Gasteiger partial charge >= 0.3 is 5.97 Å². The van der Waals surface area contributed by atoms with E-state index in [0.717, 1.165) is 11.3 Å². The maximum Gasteiger partial charge on any atom is 0.335 e. The van der Waals surface area contributed by atoms with Gasteiger partial charge in [0, 0.05) is 21.7 Å². The predicted octanol–water partition coefficient (Wildman–Crippen LogP) is 5.56. The van der Waals surface area contributed by atoms with Crippen molar-refractivity contribution in [1.82, 2.24) is 4.98 Å². The number of nitrogens with one attached hydrogen (secondary N) is 1. The first-order valence-corrected chi connectivity index (χ1v) is 8.18.